The van der Waals surface area contributed by atoms with Gasteiger partial charge in [-0.05, 0) is 24.5 Å². The zero-order chi connectivity index (χ0) is 14.0. The molecule has 2 rings (SSSR count). The molecule has 3 nitrogen and oxygen atoms in total. The first-order valence-corrected chi connectivity index (χ1v) is 8.62. The van der Waals surface area contributed by atoms with Crippen molar-refractivity contribution in [1.82, 2.24) is 4.90 Å². The Morgan fingerprint density at radius 3 is 2.79 bits per heavy atom. The Morgan fingerprint density at radius 1 is 1.47 bits per heavy atom. The molecule has 0 radical (unpaired) electrons. The van der Waals surface area contributed by atoms with E-state index in [0.29, 0.717) is 18.4 Å². The second kappa shape index (κ2) is 6.04. The fourth-order valence-corrected chi connectivity index (χ4v) is 4.76. The minimum Gasteiger partial charge on any atom is -0.356 e. The van der Waals surface area contributed by atoms with E-state index in [1.165, 1.54) is 0 Å². The number of hydrogen-bond acceptors (Lipinski definition) is 3. The van der Waals surface area contributed by atoms with E-state index in [0.717, 1.165) is 31.4 Å². The first-order valence-electron chi connectivity index (χ1n) is 7.64. The quantitative estimate of drug-likeness (QED) is 0.794. The molecule has 0 aliphatic carbocycles. The molecule has 2 fully saturated rings. The minimum absolute atomic E-state index is 0.0256. The molecule has 0 saturated carbocycles. The third-order valence-corrected chi connectivity index (χ3v) is 6.15. The molecule has 2 aliphatic rings. The second-order valence-corrected chi connectivity index (χ2v) is 7.53. The molecular weight excluding hydrogens is 258 g/mol. The molecule has 1 amide bonds. The SMILES string of the molecule is CCC[C@]1(CC)SCC[C@H]2OC[C@H](C(C)C)N2C1=O. The summed E-state index contributed by atoms with van der Waals surface area (Å²) in [5, 5.41) is 0. The van der Waals surface area contributed by atoms with Gasteiger partial charge in [0, 0.05) is 6.42 Å². The summed E-state index contributed by atoms with van der Waals surface area (Å²) >= 11 is 1.86. The predicted molar refractivity (Wildman–Crippen MR) is 80.2 cm³/mol. The molecule has 0 aromatic heterocycles. The van der Waals surface area contributed by atoms with Crippen LogP contribution in [0.1, 0.15) is 53.4 Å². The summed E-state index contributed by atoms with van der Waals surface area (Å²) in [5.41, 5.74) is 0. The van der Waals surface area contributed by atoms with Crippen LogP contribution in [0.15, 0.2) is 0 Å². The van der Waals surface area contributed by atoms with Gasteiger partial charge in [-0.15, -0.1) is 11.8 Å². The van der Waals surface area contributed by atoms with Crippen molar-refractivity contribution in [2.75, 3.05) is 12.4 Å². The van der Waals surface area contributed by atoms with Crippen LogP contribution in [-0.4, -0.2) is 40.2 Å². The van der Waals surface area contributed by atoms with Crippen molar-refractivity contribution in [2.45, 2.75) is 70.4 Å². The summed E-state index contributed by atoms with van der Waals surface area (Å²) in [6.45, 7) is 9.42. The van der Waals surface area contributed by atoms with Gasteiger partial charge in [-0.3, -0.25) is 4.79 Å². The number of carbonyl (C=O) groups excluding carboxylic acids is 1. The lowest BCUT2D eigenvalue weighted by molar-refractivity contribution is -0.141. The number of carbonyl (C=O) groups is 1. The number of hydrogen-bond donors (Lipinski definition) is 0. The number of ether oxygens (including phenoxy) is 1. The van der Waals surface area contributed by atoms with Gasteiger partial charge in [0.2, 0.25) is 5.91 Å². The summed E-state index contributed by atoms with van der Waals surface area (Å²) in [7, 11) is 0. The van der Waals surface area contributed by atoms with Crippen molar-refractivity contribution >= 4 is 17.7 Å². The molecule has 0 N–H and O–H groups in total. The van der Waals surface area contributed by atoms with Gasteiger partial charge in [0.1, 0.15) is 6.23 Å². The molecule has 19 heavy (non-hydrogen) atoms. The van der Waals surface area contributed by atoms with Crippen LogP contribution >= 0.6 is 11.8 Å². The summed E-state index contributed by atoms with van der Waals surface area (Å²) in [5.74, 6) is 1.83. The Kier molecular flexibility index (Phi) is 4.83. The maximum Gasteiger partial charge on any atom is 0.241 e. The van der Waals surface area contributed by atoms with Gasteiger partial charge >= 0.3 is 0 Å². The van der Waals surface area contributed by atoms with Gasteiger partial charge in [0.15, 0.2) is 0 Å². The Hall–Kier alpha value is -0.220. The van der Waals surface area contributed by atoms with Crippen molar-refractivity contribution in [2.24, 2.45) is 5.92 Å². The highest BCUT2D eigenvalue weighted by Crippen LogP contribution is 2.42. The standard InChI is InChI=1S/C15H27NO2S/c1-5-8-15(6-2)14(17)16-12(11(3)4)10-18-13(16)7-9-19-15/h11-13H,5-10H2,1-4H3/t12-,13-,15+/m1/s1. The molecule has 0 aromatic rings. The maximum atomic E-state index is 13.1. The molecular formula is C15H27NO2S. The number of thioether (sulfide) groups is 1. The number of rotatable bonds is 4. The van der Waals surface area contributed by atoms with Gasteiger partial charge in [-0.2, -0.15) is 0 Å². The second-order valence-electron chi connectivity index (χ2n) is 6.05. The van der Waals surface area contributed by atoms with E-state index < -0.39 is 0 Å². The summed E-state index contributed by atoms with van der Waals surface area (Å²) in [6.07, 6.45) is 3.99. The predicted octanol–water partition coefficient (Wildman–Crippen LogP) is 3.28. The zero-order valence-corrected chi connectivity index (χ0v) is 13.5. The lowest BCUT2D eigenvalue weighted by Crippen LogP contribution is -2.51. The van der Waals surface area contributed by atoms with Crippen molar-refractivity contribution in [1.29, 1.82) is 0 Å². The molecule has 4 heteroatoms. The highest BCUT2D eigenvalue weighted by atomic mass is 32.2. The Morgan fingerprint density at radius 2 is 2.21 bits per heavy atom. The van der Waals surface area contributed by atoms with Crippen LogP contribution in [-0.2, 0) is 9.53 Å². The van der Waals surface area contributed by atoms with Crippen LogP contribution in [0.5, 0.6) is 0 Å². The Balaban J connectivity index is 2.29. The topological polar surface area (TPSA) is 29.5 Å². The van der Waals surface area contributed by atoms with Crippen LogP contribution in [0.3, 0.4) is 0 Å². The molecule has 2 aliphatic heterocycles. The third-order valence-electron chi connectivity index (χ3n) is 4.49. The molecule has 0 aromatic carbocycles. The Bertz CT molecular complexity index is 334. The van der Waals surface area contributed by atoms with Crippen molar-refractivity contribution < 1.29 is 9.53 Å². The fraction of sp³-hybridized carbons (Fsp3) is 0.933. The van der Waals surface area contributed by atoms with Crippen molar-refractivity contribution in [3.8, 4) is 0 Å². The molecule has 0 spiro atoms. The first kappa shape index (κ1) is 15.2. The van der Waals surface area contributed by atoms with Crippen LogP contribution in [0, 0.1) is 5.92 Å². The first-order chi connectivity index (χ1) is 9.05. The van der Waals surface area contributed by atoms with E-state index in [1.54, 1.807) is 0 Å². The minimum atomic E-state index is -0.204. The normalized spacial score (nSPS) is 35.6. The van der Waals surface area contributed by atoms with E-state index >= 15 is 0 Å². The van der Waals surface area contributed by atoms with Crippen LogP contribution in [0.2, 0.25) is 0 Å². The summed E-state index contributed by atoms with van der Waals surface area (Å²) in [6, 6.07) is 0.263. The highest BCUT2D eigenvalue weighted by Gasteiger charge is 2.49. The van der Waals surface area contributed by atoms with Crippen molar-refractivity contribution in [3.63, 3.8) is 0 Å². The Labute approximate surface area is 121 Å². The summed E-state index contributed by atoms with van der Waals surface area (Å²) < 4.78 is 5.68. The van der Waals surface area contributed by atoms with Gasteiger partial charge < -0.3 is 9.64 Å². The molecule has 0 bridgehead atoms. The van der Waals surface area contributed by atoms with E-state index in [4.69, 9.17) is 4.74 Å². The van der Waals surface area contributed by atoms with Crippen molar-refractivity contribution in [3.05, 3.63) is 0 Å². The van der Waals surface area contributed by atoms with E-state index in [2.05, 4.69) is 32.6 Å². The highest BCUT2D eigenvalue weighted by molar-refractivity contribution is 8.01. The van der Waals surface area contributed by atoms with Gasteiger partial charge in [-0.1, -0.05) is 34.1 Å². The van der Waals surface area contributed by atoms with E-state index in [9.17, 15) is 4.79 Å². The number of fused-ring (bicyclic) bond motifs is 1. The lowest BCUT2D eigenvalue weighted by Gasteiger charge is -2.36. The average Bonchev–Trinajstić information content (AvgIpc) is 2.75. The molecule has 3 atom stereocenters. The maximum absolute atomic E-state index is 13.1. The van der Waals surface area contributed by atoms with Crippen LogP contribution < -0.4 is 0 Å². The largest absolute Gasteiger partial charge is 0.356 e. The van der Waals surface area contributed by atoms with Crippen LogP contribution in [0.4, 0.5) is 0 Å². The van der Waals surface area contributed by atoms with Gasteiger partial charge in [-0.25, -0.2) is 0 Å². The monoisotopic (exact) mass is 285 g/mol. The third kappa shape index (κ3) is 2.66. The van der Waals surface area contributed by atoms with E-state index in [1.807, 2.05) is 11.8 Å². The molecule has 0 unspecified atom stereocenters. The average molecular weight is 285 g/mol. The van der Waals surface area contributed by atoms with E-state index in [-0.39, 0.29) is 17.0 Å². The van der Waals surface area contributed by atoms with Crippen LogP contribution in [0.25, 0.3) is 0 Å². The lowest BCUT2D eigenvalue weighted by atomic mass is 9.95. The van der Waals surface area contributed by atoms with Gasteiger partial charge in [0.05, 0.1) is 17.4 Å². The summed E-state index contributed by atoms with van der Waals surface area (Å²) in [4.78, 5) is 15.2. The number of nitrogens with zero attached hydrogens (tertiary/aromatic N) is 1. The number of amides is 1. The molecule has 2 heterocycles. The van der Waals surface area contributed by atoms with Gasteiger partial charge in [0.25, 0.3) is 0 Å². The fourth-order valence-electron chi connectivity index (χ4n) is 3.27. The smallest absolute Gasteiger partial charge is 0.241 e. The molecule has 110 valence electrons. The zero-order valence-electron chi connectivity index (χ0n) is 12.6. The molecule has 2 saturated heterocycles.